The van der Waals surface area contributed by atoms with E-state index in [9.17, 15) is 14.4 Å². The number of carbonyl (C=O) groups is 3. The lowest BCUT2D eigenvalue weighted by Crippen LogP contribution is -2.57. The number of rotatable bonds is 6. The summed E-state index contributed by atoms with van der Waals surface area (Å²) >= 11 is 0. The molecule has 0 amide bonds. The monoisotopic (exact) mass is 514 g/mol. The molecular weight excluding hydrogens is 468 g/mol. The maximum absolute atomic E-state index is 14.1. The van der Waals surface area contributed by atoms with Crippen LogP contribution in [0.15, 0.2) is 11.3 Å². The second kappa shape index (κ2) is 9.72. The zero-order chi connectivity index (χ0) is 26.7. The van der Waals surface area contributed by atoms with E-state index in [2.05, 4.69) is 27.7 Å². The number of hydrogen-bond acceptors (Lipinski definition) is 6. The minimum atomic E-state index is -0.334. The van der Waals surface area contributed by atoms with E-state index in [-0.39, 0.29) is 46.8 Å². The van der Waals surface area contributed by atoms with Crippen LogP contribution in [0.4, 0.5) is 0 Å². The van der Waals surface area contributed by atoms with Crippen molar-refractivity contribution >= 4 is 17.7 Å². The largest absolute Gasteiger partial charge is 0.494 e. The molecule has 0 aromatic heterocycles. The van der Waals surface area contributed by atoms with E-state index in [1.165, 1.54) is 32.3 Å². The number of allylic oxidation sites excluding steroid dienone is 1. The van der Waals surface area contributed by atoms with Crippen LogP contribution in [0, 0.1) is 46.3 Å². The molecule has 4 saturated carbocycles. The predicted octanol–water partition coefficient (Wildman–Crippen LogP) is 6.02. The number of carbonyl (C=O) groups excluding carboxylic acids is 3. The second-order valence-corrected chi connectivity index (χ2v) is 13.5. The second-order valence-electron chi connectivity index (χ2n) is 13.5. The summed E-state index contributed by atoms with van der Waals surface area (Å²) in [5, 5.41) is 0. The third-order valence-corrected chi connectivity index (χ3v) is 11.5. The highest BCUT2D eigenvalue weighted by Crippen LogP contribution is 2.68. The Morgan fingerprint density at radius 2 is 1.84 bits per heavy atom. The summed E-state index contributed by atoms with van der Waals surface area (Å²) in [5.41, 5.74) is 1.10. The summed E-state index contributed by atoms with van der Waals surface area (Å²) in [6.45, 7) is 12.4. The third kappa shape index (κ3) is 4.44. The fraction of sp³-hybridized carbons (Fsp3) is 0.839. The maximum atomic E-state index is 14.1. The van der Waals surface area contributed by atoms with Gasteiger partial charge in [0, 0.05) is 38.0 Å². The highest BCUT2D eigenvalue weighted by atomic mass is 16.5. The highest BCUT2D eigenvalue weighted by Gasteiger charge is 2.67. The van der Waals surface area contributed by atoms with Gasteiger partial charge in [0.25, 0.3) is 0 Å². The number of Topliss-reactive ketones (excluding diaryl/α,β-unsaturated/α-hetero) is 1. The van der Waals surface area contributed by atoms with Crippen molar-refractivity contribution in [2.75, 3.05) is 6.61 Å². The minimum Gasteiger partial charge on any atom is -0.494 e. The Kier molecular flexibility index (Phi) is 7.02. The fourth-order valence-electron chi connectivity index (χ4n) is 9.55. The van der Waals surface area contributed by atoms with Crippen molar-refractivity contribution in [1.29, 1.82) is 0 Å². The molecule has 0 N–H and O–H groups in total. The molecule has 5 aliphatic rings. The number of fused-ring (bicyclic) bond motifs is 7. The molecule has 6 nitrogen and oxygen atoms in total. The van der Waals surface area contributed by atoms with Crippen molar-refractivity contribution in [1.82, 2.24) is 0 Å². The Bertz CT molecular complexity index is 984. The van der Waals surface area contributed by atoms with Crippen LogP contribution in [-0.4, -0.2) is 36.5 Å². The lowest BCUT2D eigenvalue weighted by molar-refractivity contribution is -0.165. The van der Waals surface area contributed by atoms with Gasteiger partial charge < -0.3 is 14.2 Å². The lowest BCUT2D eigenvalue weighted by atomic mass is 9.44. The van der Waals surface area contributed by atoms with Crippen LogP contribution in [0.2, 0.25) is 0 Å². The van der Waals surface area contributed by atoms with E-state index in [1.807, 2.05) is 0 Å². The number of esters is 2. The number of ether oxygens (including phenoxy) is 3. The molecule has 0 bridgehead atoms. The van der Waals surface area contributed by atoms with Crippen molar-refractivity contribution < 1.29 is 28.6 Å². The van der Waals surface area contributed by atoms with Gasteiger partial charge in [0.1, 0.15) is 18.0 Å². The third-order valence-electron chi connectivity index (χ3n) is 11.5. The topological polar surface area (TPSA) is 78.9 Å². The van der Waals surface area contributed by atoms with Crippen LogP contribution in [0.3, 0.4) is 0 Å². The van der Waals surface area contributed by atoms with Gasteiger partial charge in [0.2, 0.25) is 0 Å². The zero-order valence-electron chi connectivity index (χ0n) is 23.6. The predicted molar refractivity (Wildman–Crippen MR) is 139 cm³/mol. The first-order valence-corrected chi connectivity index (χ1v) is 14.6. The maximum Gasteiger partial charge on any atom is 0.302 e. The fourth-order valence-corrected chi connectivity index (χ4v) is 9.55. The van der Waals surface area contributed by atoms with Crippen molar-refractivity contribution in [3.05, 3.63) is 11.3 Å². The normalized spacial score (nSPS) is 43.2. The first kappa shape index (κ1) is 26.7. The molecule has 206 valence electrons. The molecule has 0 spiro atoms. The molecule has 1 aliphatic heterocycles. The molecule has 10 atom stereocenters. The number of ketones is 1. The van der Waals surface area contributed by atoms with Gasteiger partial charge in [0.05, 0.1) is 12.4 Å². The van der Waals surface area contributed by atoms with Gasteiger partial charge in [-0.05, 0) is 92.4 Å². The van der Waals surface area contributed by atoms with Crippen molar-refractivity contribution in [3.63, 3.8) is 0 Å². The molecule has 0 unspecified atom stereocenters. The van der Waals surface area contributed by atoms with Crippen LogP contribution in [0.1, 0.15) is 99.3 Å². The van der Waals surface area contributed by atoms with E-state index < -0.39 is 0 Å². The van der Waals surface area contributed by atoms with E-state index in [4.69, 9.17) is 14.2 Å². The Morgan fingerprint density at radius 1 is 1.08 bits per heavy atom. The molecule has 4 fully saturated rings. The Balaban J connectivity index is 1.30. The van der Waals surface area contributed by atoms with Gasteiger partial charge in [-0.3, -0.25) is 14.4 Å². The van der Waals surface area contributed by atoms with Crippen molar-refractivity contribution in [3.8, 4) is 0 Å². The Labute approximate surface area is 222 Å². The van der Waals surface area contributed by atoms with E-state index >= 15 is 0 Å². The van der Waals surface area contributed by atoms with E-state index in [0.29, 0.717) is 42.5 Å². The van der Waals surface area contributed by atoms with E-state index in [0.717, 1.165) is 44.3 Å². The van der Waals surface area contributed by atoms with Gasteiger partial charge >= 0.3 is 11.9 Å². The molecule has 37 heavy (non-hydrogen) atoms. The summed E-state index contributed by atoms with van der Waals surface area (Å²) in [5.74, 6) is 3.49. The van der Waals surface area contributed by atoms with Crippen molar-refractivity contribution in [2.24, 2.45) is 46.3 Å². The van der Waals surface area contributed by atoms with Gasteiger partial charge in [-0.15, -0.1) is 0 Å². The first-order chi connectivity index (χ1) is 17.4. The lowest BCUT2D eigenvalue weighted by Gasteiger charge is -2.60. The molecule has 0 aromatic carbocycles. The smallest absolute Gasteiger partial charge is 0.302 e. The minimum absolute atomic E-state index is 0.0406. The average Bonchev–Trinajstić information content (AvgIpc) is 3.31. The molecule has 1 heterocycles. The zero-order valence-corrected chi connectivity index (χ0v) is 23.6. The van der Waals surface area contributed by atoms with Crippen LogP contribution in [-0.2, 0) is 28.6 Å². The summed E-state index contributed by atoms with van der Waals surface area (Å²) < 4.78 is 17.4. The summed E-state index contributed by atoms with van der Waals surface area (Å²) in [7, 11) is 0. The van der Waals surface area contributed by atoms with E-state index in [1.54, 1.807) is 0 Å². The van der Waals surface area contributed by atoms with Gasteiger partial charge in [-0.1, -0.05) is 20.8 Å². The average molecular weight is 515 g/mol. The van der Waals surface area contributed by atoms with Gasteiger partial charge in [-0.2, -0.15) is 0 Å². The summed E-state index contributed by atoms with van der Waals surface area (Å²) in [6.07, 6.45) is 8.83. The highest BCUT2D eigenvalue weighted by molar-refractivity contribution is 5.87. The molecular formula is C31H46O6. The number of hydrogen-bond donors (Lipinski definition) is 0. The Hall–Kier alpha value is -1.85. The van der Waals surface area contributed by atoms with Crippen LogP contribution in [0.25, 0.3) is 0 Å². The summed E-state index contributed by atoms with van der Waals surface area (Å²) in [4.78, 5) is 36.8. The standard InChI is InChI=1S/C31H46O6/c1-17(16-35-19(3)32)7-10-26-18(2)29-27(37-26)14-25-23-9-8-21-13-22(36-20(4)33)11-12-30(21,5)24(23)15-28(34)31(25,29)6/h17,21-25,27,29H,7-16H2,1-6H3/t17-,21+,22+,23-,24-,25-,27-,29+,30+,31-/m1/s1. The molecule has 0 saturated heterocycles. The molecule has 5 rings (SSSR count). The molecule has 0 aromatic rings. The molecule has 0 radical (unpaired) electrons. The van der Waals surface area contributed by atoms with Crippen LogP contribution in [0.5, 0.6) is 0 Å². The Morgan fingerprint density at radius 3 is 2.54 bits per heavy atom. The van der Waals surface area contributed by atoms with Gasteiger partial charge in [-0.25, -0.2) is 0 Å². The SMILES string of the molecule is CC(=O)OC[C@H](C)CCC1=C(C)[C@H]2[C@@H](C[C@@H]3[C@@H]4CC[C@H]5C[C@@H](OC(C)=O)CC[C@]5(C)[C@@H]4CC(=O)[C@@]32C)O1. The van der Waals surface area contributed by atoms with Crippen LogP contribution >= 0.6 is 0 Å². The molecule has 4 aliphatic carbocycles. The quantitative estimate of drug-likeness (QED) is 0.404. The van der Waals surface area contributed by atoms with Crippen molar-refractivity contribution in [2.45, 2.75) is 112 Å². The summed E-state index contributed by atoms with van der Waals surface area (Å²) in [6, 6.07) is 0. The first-order valence-electron chi connectivity index (χ1n) is 14.6. The van der Waals surface area contributed by atoms with Crippen LogP contribution < -0.4 is 0 Å². The molecule has 6 heteroatoms. The van der Waals surface area contributed by atoms with Gasteiger partial charge in [0.15, 0.2) is 0 Å².